The fourth-order valence-corrected chi connectivity index (χ4v) is 1.59. The molecule has 0 aromatic heterocycles. The van der Waals surface area contributed by atoms with Gasteiger partial charge in [0, 0.05) is 13.0 Å². The lowest BCUT2D eigenvalue weighted by Gasteiger charge is -2.09. The van der Waals surface area contributed by atoms with Gasteiger partial charge < -0.3 is 10.6 Å². The van der Waals surface area contributed by atoms with Crippen LogP contribution in [0.5, 0.6) is 0 Å². The van der Waals surface area contributed by atoms with Crippen molar-refractivity contribution in [3.8, 4) is 0 Å². The van der Waals surface area contributed by atoms with Gasteiger partial charge in [-0.05, 0) is 12.1 Å². The van der Waals surface area contributed by atoms with E-state index in [0.717, 1.165) is 0 Å². The van der Waals surface area contributed by atoms with Gasteiger partial charge >= 0.3 is 0 Å². The molecular weight excluding hydrogens is 211 g/mol. The van der Waals surface area contributed by atoms with E-state index >= 15 is 0 Å². The first-order valence-electron chi connectivity index (χ1n) is 4.99. The third kappa shape index (κ3) is 2.18. The molecule has 0 aliphatic carbocycles. The number of amides is 2. The van der Waals surface area contributed by atoms with Crippen LogP contribution in [0.25, 0.3) is 0 Å². The molecule has 2 rings (SSSR count). The highest BCUT2D eigenvalue weighted by Crippen LogP contribution is 2.16. The maximum absolute atomic E-state index is 13.2. The number of rotatable bonds is 2. The van der Waals surface area contributed by atoms with E-state index in [1.165, 1.54) is 12.1 Å². The van der Waals surface area contributed by atoms with Gasteiger partial charge in [-0.15, -0.1) is 0 Å². The Balaban J connectivity index is 2.03. The number of halogens is 1. The van der Waals surface area contributed by atoms with Crippen LogP contribution in [0.4, 0.5) is 10.1 Å². The van der Waals surface area contributed by atoms with Crippen LogP contribution in [0.1, 0.15) is 6.42 Å². The van der Waals surface area contributed by atoms with E-state index < -0.39 is 11.7 Å². The first kappa shape index (κ1) is 10.6. The van der Waals surface area contributed by atoms with Crippen LogP contribution in [0.3, 0.4) is 0 Å². The average Bonchev–Trinajstić information content (AvgIpc) is 2.68. The summed E-state index contributed by atoms with van der Waals surface area (Å²) in [5.74, 6) is -1.36. The van der Waals surface area contributed by atoms with Gasteiger partial charge in [0.25, 0.3) is 0 Å². The summed E-state index contributed by atoms with van der Waals surface area (Å²) in [5, 5.41) is 5.02. The highest BCUT2D eigenvalue weighted by Gasteiger charge is 2.28. The number of carbonyl (C=O) groups is 2. The Bertz CT molecular complexity index is 434. The van der Waals surface area contributed by atoms with E-state index in [1.54, 1.807) is 12.1 Å². The van der Waals surface area contributed by atoms with E-state index in [-0.39, 0.29) is 23.9 Å². The minimum atomic E-state index is -0.479. The van der Waals surface area contributed by atoms with Crippen LogP contribution in [0, 0.1) is 11.7 Å². The molecule has 1 saturated heterocycles. The minimum absolute atomic E-state index is 0.145. The van der Waals surface area contributed by atoms with Crippen molar-refractivity contribution in [1.29, 1.82) is 0 Å². The number of carbonyl (C=O) groups excluding carboxylic acids is 2. The van der Waals surface area contributed by atoms with E-state index in [4.69, 9.17) is 0 Å². The molecule has 16 heavy (non-hydrogen) atoms. The zero-order chi connectivity index (χ0) is 11.5. The number of benzene rings is 1. The number of para-hydroxylation sites is 1. The maximum Gasteiger partial charge on any atom is 0.229 e. The Morgan fingerprint density at radius 3 is 2.81 bits per heavy atom. The van der Waals surface area contributed by atoms with Crippen molar-refractivity contribution in [2.45, 2.75) is 6.42 Å². The molecule has 0 saturated carbocycles. The van der Waals surface area contributed by atoms with Crippen LogP contribution in [0.2, 0.25) is 0 Å². The van der Waals surface area contributed by atoms with E-state index in [1.807, 2.05) is 0 Å². The van der Waals surface area contributed by atoms with Crippen molar-refractivity contribution in [2.24, 2.45) is 5.92 Å². The monoisotopic (exact) mass is 222 g/mol. The number of hydrogen-bond acceptors (Lipinski definition) is 2. The summed E-state index contributed by atoms with van der Waals surface area (Å²) in [6, 6.07) is 5.94. The summed E-state index contributed by atoms with van der Waals surface area (Å²) in [6.07, 6.45) is 0.167. The van der Waals surface area contributed by atoms with Crippen LogP contribution in [0.15, 0.2) is 24.3 Å². The van der Waals surface area contributed by atoms with Gasteiger partial charge in [-0.25, -0.2) is 4.39 Å². The van der Waals surface area contributed by atoms with E-state index in [9.17, 15) is 14.0 Å². The molecule has 1 heterocycles. The minimum Gasteiger partial charge on any atom is -0.355 e. The molecule has 1 aromatic carbocycles. The van der Waals surface area contributed by atoms with Crippen molar-refractivity contribution < 1.29 is 14.0 Å². The SMILES string of the molecule is O=C1CC(C(=O)Nc2ccccc2F)CN1. The highest BCUT2D eigenvalue weighted by atomic mass is 19.1. The van der Waals surface area contributed by atoms with Crippen LogP contribution in [-0.4, -0.2) is 18.4 Å². The molecule has 1 aliphatic rings. The molecule has 1 fully saturated rings. The Hall–Kier alpha value is -1.91. The van der Waals surface area contributed by atoms with Gasteiger partial charge in [-0.2, -0.15) is 0 Å². The van der Waals surface area contributed by atoms with Gasteiger partial charge in [0.1, 0.15) is 5.82 Å². The largest absolute Gasteiger partial charge is 0.355 e. The molecule has 4 nitrogen and oxygen atoms in total. The molecule has 1 atom stereocenters. The van der Waals surface area contributed by atoms with Gasteiger partial charge in [-0.3, -0.25) is 9.59 Å². The summed E-state index contributed by atoms with van der Waals surface area (Å²) < 4.78 is 13.2. The molecule has 2 N–H and O–H groups in total. The third-order valence-electron chi connectivity index (χ3n) is 2.48. The number of nitrogens with one attached hydrogen (secondary N) is 2. The Morgan fingerprint density at radius 1 is 1.44 bits per heavy atom. The molecular formula is C11H11FN2O2. The standard InChI is InChI=1S/C11H11FN2O2/c12-8-3-1-2-4-9(8)14-11(16)7-5-10(15)13-6-7/h1-4,7H,5-6H2,(H,13,15)(H,14,16). The second-order valence-corrected chi connectivity index (χ2v) is 3.67. The van der Waals surface area contributed by atoms with Crippen molar-refractivity contribution in [3.05, 3.63) is 30.1 Å². The maximum atomic E-state index is 13.2. The lowest BCUT2D eigenvalue weighted by atomic mass is 10.1. The quantitative estimate of drug-likeness (QED) is 0.781. The van der Waals surface area contributed by atoms with Crippen molar-refractivity contribution >= 4 is 17.5 Å². The smallest absolute Gasteiger partial charge is 0.229 e. The molecule has 0 radical (unpaired) electrons. The second kappa shape index (κ2) is 4.30. The summed E-state index contributed by atoms with van der Waals surface area (Å²) >= 11 is 0. The molecule has 5 heteroatoms. The van der Waals surface area contributed by atoms with Crippen LogP contribution < -0.4 is 10.6 Å². The highest BCUT2D eigenvalue weighted by molar-refractivity contribution is 5.97. The molecule has 0 bridgehead atoms. The lowest BCUT2D eigenvalue weighted by molar-refractivity contribution is -0.123. The second-order valence-electron chi connectivity index (χ2n) is 3.67. The topological polar surface area (TPSA) is 58.2 Å². The fraction of sp³-hybridized carbons (Fsp3) is 0.273. The number of hydrogen-bond donors (Lipinski definition) is 2. The molecule has 1 aliphatic heterocycles. The summed E-state index contributed by atoms with van der Waals surface area (Å²) in [6.45, 7) is 0.319. The Morgan fingerprint density at radius 2 is 2.19 bits per heavy atom. The molecule has 84 valence electrons. The van der Waals surface area contributed by atoms with E-state index in [0.29, 0.717) is 6.54 Å². The van der Waals surface area contributed by atoms with Crippen molar-refractivity contribution in [3.63, 3.8) is 0 Å². The molecule has 1 unspecified atom stereocenters. The molecule has 2 amide bonds. The van der Waals surface area contributed by atoms with Gasteiger partial charge in [0.05, 0.1) is 11.6 Å². The summed E-state index contributed by atoms with van der Waals surface area (Å²) in [7, 11) is 0. The predicted octanol–water partition coefficient (Wildman–Crippen LogP) is 0.900. The third-order valence-corrected chi connectivity index (χ3v) is 2.48. The Kier molecular flexibility index (Phi) is 2.85. The lowest BCUT2D eigenvalue weighted by Crippen LogP contribution is -2.25. The zero-order valence-corrected chi connectivity index (χ0v) is 8.50. The molecule has 0 spiro atoms. The first-order valence-corrected chi connectivity index (χ1v) is 4.99. The van der Waals surface area contributed by atoms with Gasteiger partial charge in [0.2, 0.25) is 11.8 Å². The zero-order valence-electron chi connectivity index (χ0n) is 8.50. The van der Waals surface area contributed by atoms with Crippen molar-refractivity contribution in [1.82, 2.24) is 5.32 Å². The summed E-state index contributed by atoms with van der Waals surface area (Å²) in [5.41, 5.74) is 0.145. The van der Waals surface area contributed by atoms with Crippen LogP contribution in [-0.2, 0) is 9.59 Å². The normalized spacial score (nSPS) is 19.3. The fourth-order valence-electron chi connectivity index (χ4n) is 1.59. The van der Waals surface area contributed by atoms with Crippen molar-refractivity contribution in [2.75, 3.05) is 11.9 Å². The van der Waals surface area contributed by atoms with E-state index in [2.05, 4.69) is 10.6 Å². The first-order chi connectivity index (χ1) is 7.66. The molecule has 1 aromatic rings. The summed E-state index contributed by atoms with van der Waals surface area (Å²) in [4.78, 5) is 22.6. The number of anilines is 1. The van der Waals surface area contributed by atoms with Crippen LogP contribution >= 0.6 is 0 Å². The Labute approximate surface area is 91.8 Å². The predicted molar refractivity (Wildman–Crippen MR) is 56.1 cm³/mol. The van der Waals surface area contributed by atoms with Gasteiger partial charge in [0.15, 0.2) is 0 Å². The average molecular weight is 222 g/mol. The van der Waals surface area contributed by atoms with Gasteiger partial charge in [-0.1, -0.05) is 12.1 Å².